The third-order valence-corrected chi connectivity index (χ3v) is 4.05. The van der Waals surface area contributed by atoms with Gasteiger partial charge in [-0.05, 0) is 36.2 Å². The molecule has 2 N–H and O–H groups in total. The van der Waals surface area contributed by atoms with Gasteiger partial charge >= 0.3 is 5.56 Å². The monoisotopic (exact) mass is 391 g/mol. The van der Waals surface area contributed by atoms with Crippen molar-refractivity contribution in [1.82, 2.24) is 9.55 Å². The maximum Gasteiger partial charge on any atom is 0.316 e. The fourth-order valence-corrected chi connectivity index (χ4v) is 2.59. The van der Waals surface area contributed by atoms with E-state index in [1.54, 1.807) is 13.0 Å². The van der Waals surface area contributed by atoms with E-state index in [4.69, 9.17) is 4.74 Å². The van der Waals surface area contributed by atoms with Crippen LogP contribution in [0.1, 0.15) is 11.1 Å². The van der Waals surface area contributed by atoms with Crippen LogP contribution in [0.2, 0.25) is 0 Å². The SMILES string of the molecule is COc1cn(Cc2cc(F)c(F)c(F)c2)c(Nc2cc(O)ccc2C)nc1=O. The van der Waals surface area contributed by atoms with Crippen molar-refractivity contribution in [2.24, 2.45) is 0 Å². The van der Waals surface area contributed by atoms with Gasteiger partial charge in [0.15, 0.2) is 17.5 Å². The Morgan fingerprint density at radius 2 is 1.86 bits per heavy atom. The zero-order valence-corrected chi connectivity index (χ0v) is 15.0. The van der Waals surface area contributed by atoms with E-state index < -0.39 is 23.0 Å². The highest BCUT2D eigenvalue weighted by molar-refractivity contribution is 5.61. The lowest BCUT2D eigenvalue weighted by Crippen LogP contribution is -2.19. The molecular weight excluding hydrogens is 375 g/mol. The molecule has 1 aromatic heterocycles. The van der Waals surface area contributed by atoms with E-state index in [2.05, 4.69) is 10.3 Å². The van der Waals surface area contributed by atoms with Crippen LogP contribution in [0.4, 0.5) is 24.8 Å². The zero-order valence-electron chi connectivity index (χ0n) is 15.0. The van der Waals surface area contributed by atoms with Crippen molar-refractivity contribution in [3.05, 3.63) is 75.5 Å². The zero-order chi connectivity index (χ0) is 20.4. The average molecular weight is 391 g/mol. The second-order valence-electron chi connectivity index (χ2n) is 6.06. The minimum atomic E-state index is -1.56. The van der Waals surface area contributed by atoms with Gasteiger partial charge < -0.3 is 19.7 Å². The lowest BCUT2D eigenvalue weighted by Gasteiger charge is -2.16. The summed E-state index contributed by atoms with van der Waals surface area (Å²) in [7, 11) is 1.28. The molecule has 0 fully saturated rings. The number of halogens is 3. The molecule has 0 aliphatic rings. The van der Waals surface area contributed by atoms with Crippen LogP contribution in [0, 0.1) is 24.4 Å². The molecule has 0 atom stereocenters. The van der Waals surface area contributed by atoms with Crippen LogP contribution in [-0.2, 0) is 6.54 Å². The largest absolute Gasteiger partial charge is 0.508 e. The molecule has 28 heavy (non-hydrogen) atoms. The number of aromatic nitrogens is 2. The molecule has 3 rings (SSSR count). The quantitative estimate of drug-likeness (QED) is 0.652. The number of nitrogens with one attached hydrogen (secondary N) is 1. The molecule has 0 bridgehead atoms. The molecular formula is C19H16F3N3O3. The van der Waals surface area contributed by atoms with E-state index in [-0.39, 0.29) is 29.6 Å². The normalized spacial score (nSPS) is 10.8. The molecule has 2 aromatic carbocycles. The van der Waals surface area contributed by atoms with Crippen LogP contribution in [-0.4, -0.2) is 21.8 Å². The number of hydrogen-bond donors (Lipinski definition) is 2. The van der Waals surface area contributed by atoms with E-state index in [1.807, 2.05) is 0 Å². The summed E-state index contributed by atoms with van der Waals surface area (Å²) in [6.45, 7) is 1.65. The first kappa shape index (κ1) is 19.3. The maximum absolute atomic E-state index is 13.5. The molecule has 3 aromatic rings. The van der Waals surface area contributed by atoms with E-state index in [1.165, 1.54) is 30.0 Å². The van der Waals surface area contributed by atoms with Crippen molar-refractivity contribution < 1.29 is 23.0 Å². The fraction of sp³-hybridized carbons (Fsp3) is 0.158. The Morgan fingerprint density at radius 1 is 1.18 bits per heavy atom. The minimum Gasteiger partial charge on any atom is -0.508 e. The fourth-order valence-electron chi connectivity index (χ4n) is 2.59. The summed E-state index contributed by atoms with van der Waals surface area (Å²) in [5.41, 5.74) is 0.686. The Balaban J connectivity index is 2.06. The number of phenolic OH excluding ortho intramolecular Hbond substituents is 1. The van der Waals surface area contributed by atoms with Gasteiger partial charge in [0.05, 0.1) is 19.9 Å². The molecule has 9 heteroatoms. The molecule has 0 amide bonds. The molecule has 0 saturated carbocycles. The topological polar surface area (TPSA) is 76.4 Å². The third kappa shape index (κ3) is 3.93. The molecule has 0 aliphatic heterocycles. The minimum absolute atomic E-state index is 0.00168. The summed E-state index contributed by atoms with van der Waals surface area (Å²) in [5.74, 6) is -4.25. The first-order valence-corrected chi connectivity index (χ1v) is 8.14. The summed E-state index contributed by atoms with van der Waals surface area (Å²) < 4.78 is 46.6. The highest BCUT2D eigenvalue weighted by Crippen LogP contribution is 2.25. The van der Waals surface area contributed by atoms with Crippen LogP contribution >= 0.6 is 0 Å². The smallest absolute Gasteiger partial charge is 0.316 e. The lowest BCUT2D eigenvalue weighted by molar-refractivity contribution is 0.402. The maximum atomic E-state index is 13.5. The number of hydrogen-bond acceptors (Lipinski definition) is 5. The van der Waals surface area contributed by atoms with Gasteiger partial charge in [0, 0.05) is 11.8 Å². The van der Waals surface area contributed by atoms with Crippen LogP contribution < -0.4 is 15.6 Å². The Bertz CT molecular complexity index is 1080. The molecule has 6 nitrogen and oxygen atoms in total. The van der Waals surface area contributed by atoms with Crippen molar-refractivity contribution >= 4 is 11.6 Å². The van der Waals surface area contributed by atoms with Crippen LogP contribution in [0.15, 0.2) is 41.3 Å². The van der Waals surface area contributed by atoms with Gasteiger partial charge in [-0.15, -0.1) is 0 Å². The van der Waals surface area contributed by atoms with Gasteiger partial charge in [-0.25, -0.2) is 13.2 Å². The van der Waals surface area contributed by atoms with Crippen molar-refractivity contribution in [2.75, 3.05) is 12.4 Å². The third-order valence-electron chi connectivity index (χ3n) is 4.05. The highest BCUT2D eigenvalue weighted by Gasteiger charge is 2.14. The molecule has 0 spiro atoms. The van der Waals surface area contributed by atoms with E-state index in [0.29, 0.717) is 5.69 Å². The van der Waals surface area contributed by atoms with Crippen LogP contribution in [0.5, 0.6) is 11.5 Å². The summed E-state index contributed by atoms with van der Waals surface area (Å²) in [5, 5.41) is 12.6. The number of anilines is 2. The van der Waals surface area contributed by atoms with Gasteiger partial charge in [-0.2, -0.15) is 4.98 Å². The van der Waals surface area contributed by atoms with Crippen LogP contribution in [0.3, 0.4) is 0 Å². The Hall–Kier alpha value is -3.49. The number of phenols is 1. The number of aryl methyl sites for hydroxylation is 1. The summed E-state index contributed by atoms with van der Waals surface area (Å²) in [6, 6.07) is 6.31. The van der Waals surface area contributed by atoms with Gasteiger partial charge in [-0.3, -0.25) is 4.79 Å². The van der Waals surface area contributed by atoms with E-state index >= 15 is 0 Å². The Labute approximate surface area is 157 Å². The van der Waals surface area contributed by atoms with E-state index in [9.17, 15) is 23.1 Å². The Kier molecular flexibility index (Phi) is 5.25. The number of methoxy groups -OCH3 is 1. The summed E-state index contributed by atoms with van der Waals surface area (Å²) in [4.78, 5) is 16.0. The summed E-state index contributed by atoms with van der Waals surface area (Å²) >= 11 is 0. The number of rotatable bonds is 5. The first-order valence-electron chi connectivity index (χ1n) is 8.14. The number of ether oxygens (including phenoxy) is 1. The predicted molar refractivity (Wildman–Crippen MR) is 96.6 cm³/mol. The molecule has 0 aliphatic carbocycles. The molecule has 1 heterocycles. The lowest BCUT2D eigenvalue weighted by atomic mass is 10.2. The second kappa shape index (κ2) is 7.63. The van der Waals surface area contributed by atoms with Crippen LogP contribution in [0.25, 0.3) is 0 Å². The van der Waals surface area contributed by atoms with Gasteiger partial charge in [-0.1, -0.05) is 6.07 Å². The van der Waals surface area contributed by atoms with Crippen molar-refractivity contribution in [1.29, 1.82) is 0 Å². The number of aromatic hydroxyl groups is 1. The van der Waals surface area contributed by atoms with Crippen molar-refractivity contribution in [3.63, 3.8) is 0 Å². The number of nitrogens with zero attached hydrogens (tertiary/aromatic N) is 2. The standard InChI is InChI=1S/C19H16F3N3O3/c1-10-3-4-12(26)7-15(10)23-19-24-18(27)16(28-2)9-25(19)8-11-5-13(20)17(22)14(21)6-11/h3-7,9,26H,8H2,1-2H3,(H,23,24,27). The average Bonchev–Trinajstić information content (AvgIpc) is 2.64. The second-order valence-corrected chi connectivity index (χ2v) is 6.06. The molecule has 0 unspecified atom stereocenters. The van der Waals surface area contributed by atoms with Gasteiger partial charge in [0.2, 0.25) is 11.7 Å². The molecule has 0 radical (unpaired) electrons. The van der Waals surface area contributed by atoms with E-state index in [0.717, 1.165) is 17.7 Å². The Morgan fingerprint density at radius 3 is 2.50 bits per heavy atom. The number of benzene rings is 2. The predicted octanol–water partition coefficient (Wildman–Crippen LogP) is 3.48. The highest BCUT2D eigenvalue weighted by atomic mass is 19.2. The summed E-state index contributed by atoms with van der Waals surface area (Å²) in [6.07, 6.45) is 1.31. The first-order chi connectivity index (χ1) is 13.3. The van der Waals surface area contributed by atoms with Crippen molar-refractivity contribution in [3.8, 4) is 11.5 Å². The molecule has 0 saturated heterocycles. The van der Waals surface area contributed by atoms with Crippen molar-refractivity contribution in [2.45, 2.75) is 13.5 Å². The van der Waals surface area contributed by atoms with Gasteiger partial charge in [0.25, 0.3) is 0 Å². The van der Waals surface area contributed by atoms with Gasteiger partial charge in [0.1, 0.15) is 5.75 Å². The molecule has 146 valence electrons.